The zero-order chi connectivity index (χ0) is 14.9. The van der Waals surface area contributed by atoms with Crippen LogP contribution in [0.2, 0.25) is 0 Å². The van der Waals surface area contributed by atoms with E-state index in [1.54, 1.807) is 7.05 Å². The minimum Gasteiger partial charge on any atom is -0.308 e. The molecule has 0 aliphatic heterocycles. The van der Waals surface area contributed by atoms with Crippen LogP contribution in [0.3, 0.4) is 0 Å². The first-order valence-corrected chi connectivity index (χ1v) is 7.07. The van der Waals surface area contributed by atoms with Gasteiger partial charge < -0.3 is 5.32 Å². The van der Waals surface area contributed by atoms with Crippen LogP contribution in [0.25, 0.3) is 0 Å². The van der Waals surface area contributed by atoms with Crippen LogP contribution in [-0.2, 0) is 5.41 Å². The summed E-state index contributed by atoms with van der Waals surface area (Å²) in [6.45, 7) is 6.05. The lowest BCUT2D eigenvalue weighted by Gasteiger charge is -2.22. The summed E-state index contributed by atoms with van der Waals surface area (Å²) in [5.74, 6) is -0.907. The average Bonchev–Trinajstić information content (AvgIpc) is 2.83. The molecule has 1 aromatic carbocycles. The highest BCUT2D eigenvalue weighted by atomic mass is 32.1. The quantitative estimate of drug-likeness (QED) is 0.943. The van der Waals surface area contributed by atoms with E-state index in [-0.39, 0.29) is 11.0 Å². The van der Waals surface area contributed by atoms with E-state index in [0.29, 0.717) is 0 Å². The van der Waals surface area contributed by atoms with E-state index < -0.39 is 17.7 Å². The van der Waals surface area contributed by atoms with Crippen LogP contribution in [0.4, 0.5) is 8.78 Å². The lowest BCUT2D eigenvalue weighted by molar-refractivity contribution is 0.533. The minimum atomic E-state index is -0.462. The molecule has 2 rings (SSSR count). The van der Waals surface area contributed by atoms with Crippen LogP contribution in [0.1, 0.15) is 42.9 Å². The Hall–Kier alpha value is -1.40. The molecule has 0 aliphatic rings. The maximum atomic E-state index is 14.0. The fourth-order valence-electron chi connectivity index (χ4n) is 2.07. The smallest absolute Gasteiger partial charge is 0.128 e. The molecule has 0 spiro atoms. The minimum absolute atomic E-state index is 0.207. The van der Waals surface area contributed by atoms with Crippen molar-refractivity contribution in [2.24, 2.45) is 0 Å². The molecule has 1 unspecified atom stereocenters. The van der Waals surface area contributed by atoms with Gasteiger partial charge in [0.15, 0.2) is 0 Å². The van der Waals surface area contributed by atoms with Crippen molar-refractivity contribution in [1.29, 1.82) is 0 Å². The van der Waals surface area contributed by atoms with Gasteiger partial charge in [-0.2, -0.15) is 0 Å². The van der Waals surface area contributed by atoms with Gasteiger partial charge in [0.2, 0.25) is 0 Å². The van der Waals surface area contributed by atoms with E-state index in [0.717, 1.165) is 22.7 Å². The molecular weight excluding hydrogens is 280 g/mol. The van der Waals surface area contributed by atoms with Gasteiger partial charge >= 0.3 is 0 Å². The first-order chi connectivity index (χ1) is 9.34. The highest BCUT2D eigenvalue weighted by molar-refractivity contribution is 7.05. The Bertz CT molecular complexity index is 605. The second-order valence-electron chi connectivity index (χ2n) is 5.62. The van der Waals surface area contributed by atoms with Gasteiger partial charge in [-0.05, 0) is 36.8 Å². The summed E-state index contributed by atoms with van der Waals surface area (Å²) in [6, 6.07) is 3.00. The van der Waals surface area contributed by atoms with Crippen molar-refractivity contribution in [2.45, 2.75) is 32.2 Å². The summed E-state index contributed by atoms with van der Waals surface area (Å²) in [5.41, 5.74) is 0.857. The number of aromatic nitrogens is 2. The predicted molar refractivity (Wildman–Crippen MR) is 75.9 cm³/mol. The first kappa shape index (κ1) is 15.0. The van der Waals surface area contributed by atoms with Crippen molar-refractivity contribution in [3.05, 3.63) is 46.0 Å². The van der Waals surface area contributed by atoms with Crippen LogP contribution >= 0.6 is 11.5 Å². The van der Waals surface area contributed by atoms with Crippen molar-refractivity contribution in [2.75, 3.05) is 7.05 Å². The van der Waals surface area contributed by atoms with E-state index in [4.69, 9.17) is 0 Å². The van der Waals surface area contributed by atoms with Gasteiger partial charge in [-0.15, -0.1) is 5.10 Å². The van der Waals surface area contributed by atoms with Gasteiger partial charge in [-0.3, -0.25) is 0 Å². The fraction of sp³-hybridized carbons (Fsp3) is 0.429. The molecule has 0 saturated heterocycles. The SMILES string of the molecule is CNC(c1cc(F)ccc1F)c1snnc1C(C)(C)C. The molecule has 0 fully saturated rings. The van der Waals surface area contributed by atoms with E-state index in [1.807, 2.05) is 20.8 Å². The van der Waals surface area contributed by atoms with E-state index in [9.17, 15) is 8.78 Å². The van der Waals surface area contributed by atoms with E-state index in [1.165, 1.54) is 17.6 Å². The zero-order valence-electron chi connectivity index (χ0n) is 11.9. The number of hydrogen-bond donors (Lipinski definition) is 1. The van der Waals surface area contributed by atoms with Gasteiger partial charge in [0, 0.05) is 11.0 Å². The lowest BCUT2D eigenvalue weighted by Crippen LogP contribution is -2.23. The molecule has 0 amide bonds. The van der Waals surface area contributed by atoms with Crippen LogP contribution in [0, 0.1) is 11.6 Å². The third kappa shape index (κ3) is 2.86. The predicted octanol–water partition coefficient (Wildman–Crippen LogP) is 3.42. The molecule has 108 valence electrons. The normalized spacial score (nSPS) is 13.5. The monoisotopic (exact) mass is 297 g/mol. The van der Waals surface area contributed by atoms with Gasteiger partial charge in [0.25, 0.3) is 0 Å². The molecule has 0 bridgehead atoms. The number of hydrogen-bond acceptors (Lipinski definition) is 4. The topological polar surface area (TPSA) is 37.8 Å². The van der Waals surface area contributed by atoms with Crippen molar-refractivity contribution in [3.8, 4) is 0 Å². The standard InChI is InChI=1S/C14H17F2N3S/c1-14(2,3)13-12(20-19-18-13)11(17-4)9-7-8(15)5-6-10(9)16/h5-7,11,17H,1-4H3. The van der Waals surface area contributed by atoms with Crippen molar-refractivity contribution >= 4 is 11.5 Å². The molecule has 0 saturated carbocycles. The molecule has 1 N–H and O–H groups in total. The molecule has 1 aromatic heterocycles. The second kappa shape index (κ2) is 5.54. The second-order valence-corrected chi connectivity index (χ2v) is 6.41. The third-order valence-electron chi connectivity index (χ3n) is 3.04. The molecule has 1 atom stereocenters. The molecule has 1 heterocycles. The Balaban J connectivity index is 2.54. The Morgan fingerprint density at radius 3 is 2.55 bits per heavy atom. The highest BCUT2D eigenvalue weighted by Gasteiger charge is 2.29. The number of nitrogens with one attached hydrogen (secondary N) is 1. The molecule has 0 radical (unpaired) electrons. The first-order valence-electron chi connectivity index (χ1n) is 6.29. The molecule has 6 heteroatoms. The number of rotatable bonds is 3. The molecular formula is C14H17F2N3S. The van der Waals surface area contributed by atoms with Gasteiger partial charge in [0.1, 0.15) is 11.6 Å². The summed E-state index contributed by atoms with van der Waals surface area (Å²) in [4.78, 5) is 0.810. The fourth-order valence-corrected chi connectivity index (χ4v) is 3.06. The zero-order valence-corrected chi connectivity index (χ0v) is 12.7. The molecule has 0 aliphatic carbocycles. The summed E-state index contributed by atoms with van der Waals surface area (Å²) >= 11 is 1.21. The molecule has 3 nitrogen and oxygen atoms in total. The van der Waals surface area contributed by atoms with E-state index >= 15 is 0 Å². The van der Waals surface area contributed by atoms with Gasteiger partial charge in [-0.1, -0.05) is 25.3 Å². The molecule has 2 aromatic rings. The summed E-state index contributed by atoms with van der Waals surface area (Å²) in [5, 5.41) is 7.17. The Labute approximate surface area is 121 Å². The maximum absolute atomic E-state index is 14.0. The van der Waals surface area contributed by atoms with Gasteiger partial charge in [-0.25, -0.2) is 8.78 Å². The summed E-state index contributed by atoms with van der Waals surface area (Å²) < 4.78 is 31.4. The largest absolute Gasteiger partial charge is 0.308 e. The van der Waals surface area contributed by atoms with Crippen LogP contribution in [0.15, 0.2) is 18.2 Å². The number of nitrogens with zero attached hydrogens (tertiary/aromatic N) is 2. The number of halogens is 2. The molecule has 20 heavy (non-hydrogen) atoms. The van der Waals surface area contributed by atoms with E-state index in [2.05, 4.69) is 14.9 Å². The number of benzene rings is 1. The average molecular weight is 297 g/mol. The summed E-state index contributed by atoms with van der Waals surface area (Å²) in [7, 11) is 1.71. The Morgan fingerprint density at radius 2 is 1.95 bits per heavy atom. The van der Waals surface area contributed by atoms with Crippen molar-refractivity contribution < 1.29 is 8.78 Å². The van der Waals surface area contributed by atoms with Crippen molar-refractivity contribution in [1.82, 2.24) is 14.9 Å². The van der Waals surface area contributed by atoms with Crippen LogP contribution < -0.4 is 5.32 Å². The Morgan fingerprint density at radius 1 is 1.25 bits per heavy atom. The van der Waals surface area contributed by atoms with Crippen LogP contribution in [-0.4, -0.2) is 16.6 Å². The van der Waals surface area contributed by atoms with Gasteiger partial charge in [0.05, 0.1) is 16.6 Å². The summed E-state index contributed by atoms with van der Waals surface area (Å²) in [6.07, 6.45) is 0. The maximum Gasteiger partial charge on any atom is 0.128 e. The van der Waals surface area contributed by atoms with Crippen LogP contribution in [0.5, 0.6) is 0 Å². The highest BCUT2D eigenvalue weighted by Crippen LogP contribution is 2.34. The van der Waals surface area contributed by atoms with Crippen molar-refractivity contribution in [3.63, 3.8) is 0 Å². The lowest BCUT2D eigenvalue weighted by atomic mass is 9.88. The Kier molecular flexibility index (Phi) is 4.15. The third-order valence-corrected chi connectivity index (χ3v) is 3.83.